The molecular weight excluding hydrogens is 320 g/mol. The standard InChI is InChI=1S/C24H28O2/c1-16-12-13-24(3,4)22-11-6-18(15-21(16)22)14-17(2)19-7-9-20(10-8-19)23(25)26-5/h6-11,14-16H,12-13H2,1-5H3/b17-14+. The Kier molecular flexibility index (Phi) is 5.04. The van der Waals surface area contributed by atoms with Crippen molar-refractivity contribution in [3.05, 3.63) is 70.3 Å². The van der Waals surface area contributed by atoms with Crippen LogP contribution < -0.4 is 0 Å². The SMILES string of the molecule is COC(=O)c1ccc(/C(C)=C/c2ccc3c(c2)C(C)CCC3(C)C)cc1. The van der Waals surface area contributed by atoms with Crippen LogP contribution in [-0.2, 0) is 10.2 Å². The monoisotopic (exact) mass is 348 g/mol. The molecule has 1 aliphatic carbocycles. The van der Waals surface area contributed by atoms with Gasteiger partial charge in [-0.15, -0.1) is 0 Å². The fraction of sp³-hybridized carbons (Fsp3) is 0.375. The van der Waals surface area contributed by atoms with Gasteiger partial charge in [-0.1, -0.05) is 57.2 Å². The number of allylic oxidation sites excluding steroid dienone is 1. The third-order valence-corrected chi connectivity index (χ3v) is 5.68. The summed E-state index contributed by atoms with van der Waals surface area (Å²) in [6.45, 7) is 9.14. The summed E-state index contributed by atoms with van der Waals surface area (Å²) in [7, 11) is 1.40. The summed E-state index contributed by atoms with van der Waals surface area (Å²) in [6.07, 6.45) is 4.73. The van der Waals surface area contributed by atoms with E-state index in [1.165, 1.54) is 42.2 Å². The molecule has 0 aliphatic heterocycles. The summed E-state index contributed by atoms with van der Waals surface area (Å²) in [5.41, 5.74) is 7.37. The second kappa shape index (κ2) is 7.11. The second-order valence-corrected chi connectivity index (χ2v) is 8.07. The highest BCUT2D eigenvalue weighted by molar-refractivity contribution is 5.90. The number of esters is 1. The number of hydrogen-bond donors (Lipinski definition) is 0. The summed E-state index contributed by atoms with van der Waals surface area (Å²) in [5, 5.41) is 0. The number of rotatable bonds is 3. The lowest BCUT2D eigenvalue weighted by atomic mass is 9.69. The molecule has 0 saturated heterocycles. The van der Waals surface area contributed by atoms with Crippen molar-refractivity contribution in [1.82, 2.24) is 0 Å². The Morgan fingerprint density at radius 2 is 1.77 bits per heavy atom. The van der Waals surface area contributed by atoms with Gasteiger partial charge in [-0.25, -0.2) is 4.79 Å². The van der Waals surface area contributed by atoms with Crippen LogP contribution in [0.25, 0.3) is 11.6 Å². The summed E-state index contributed by atoms with van der Waals surface area (Å²) in [6, 6.07) is 14.5. The molecule has 2 aromatic carbocycles. The molecule has 26 heavy (non-hydrogen) atoms. The molecule has 136 valence electrons. The molecule has 2 nitrogen and oxygen atoms in total. The molecular formula is C24H28O2. The van der Waals surface area contributed by atoms with Gasteiger partial charge in [0, 0.05) is 0 Å². The number of methoxy groups -OCH3 is 1. The third kappa shape index (κ3) is 3.60. The van der Waals surface area contributed by atoms with E-state index in [1.54, 1.807) is 0 Å². The maximum absolute atomic E-state index is 11.6. The fourth-order valence-corrected chi connectivity index (χ4v) is 3.88. The van der Waals surface area contributed by atoms with Crippen molar-refractivity contribution < 1.29 is 9.53 Å². The van der Waals surface area contributed by atoms with Gasteiger partial charge in [0.2, 0.25) is 0 Å². The highest BCUT2D eigenvalue weighted by Gasteiger charge is 2.30. The molecule has 0 aromatic heterocycles. The Morgan fingerprint density at radius 3 is 2.42 bits per heavy atom. The van der Waals surface area contributed by atoms with E-state index in [9.17, 15) is 4.79 Å². The van der Waals surface area contributed by atoms with Crippen molar-refractivity contribution in [2.45, 2.75) is 51.9 Å². The zero-order chi connectivity index (χ0) is 18.9. The maximum atomic E-state index is 11.6. The van der Waals surface area contributed by atoms with Crippen LogP contribution in [0.5, 0.6) is 0 Å². The van der Waals surface area contributed by atoms with E-state index in [4.69, 9.17) is 4.74 Å². The minimum Gasteiger partial charge on any atom is -0.465 e. The number of hydrogen-bond acceptors (Lipinski definition) is 2. The van der Waals surface area contributed by atoms with Crippen molar-refractivity contribution in [3.8, 4) is 0 Å². The van der Waals surface area contributed by atoms with Crippen LogP contribution in [0, 0.1) is 0 Å². The average Bonchev–Trinajstić information content (AvgIpc) is 2.64. The number of fused-ring (bicyclic) bond motifs is 1. The zero-order valence-electron chi connectivity index (χ0n) is 16.4. The Bertz CT molecular complexity index is 841. The molecule has 0 N–H and O–H groups in total. The molecule has 1 atom stereocenters. The fourth-order valence-electron chi connectivity index (χ4n) is 3.88. The molecule has 0 spiro atoms. The largest absolute Gasteiger partial charge is 0.465 e. The van der Waals surface area contributed by atoms with Crippen LogP contribution in [-0.4, -0.2) is 13.1 Å². The van der Waals surface area contributed by atoms with Crippen molar-refractivity contribution in [1.29, 1.82) is 0 Å². The van der Waals surface area contributed by atoms with Gasteiger partial charge in [-0.3, -0.25) is 0 Å². The highest BCUT2D eigenvalue weighted by Crippen LogP contribution is 2.42. The lowest BCUT2D eigenvalue weighted by Gasteiger charge is -2.36. The van der Waals surface area contributed by atoms with E-state index in [2.05, 4.69) is 52.0 Å². The van der Waals surface area contributed by atoms with Crippen LogP contribution >= 0.6 is 0 Å². The number of benzene rings is 2. The van der Waals surface area contributed by atoms with E-state index in [-0.39, 0.29) is 11.4 Å². The minimum atomic E-state index is -0.301. The molecule has 0 radical (unpaired) electrons. The Labute approximate surface area is 156 Å². The van der Waals surface area contributed by atoms with E-state index < -0.39 is 0 Å². The molecule has 0 saturated carbocycles. The van der Waals surface area contributed by atoms with E-state index in [0.29, 0.717) is 11.5 Å². The average molecular weight is 348 g/mol. The van der Waals surface area contributed by atoms with Crippen LogP contribution in [0.2, 0.25) is 0 Å². The smallest absolute Gasteiger partial charge is 0.337 e. The van der Waals surface area contributed by atoms with Gasteiger partial charge in [0.1, 0.15) is 0 Å². The predicted molar refractivity (Wildman–Crippen MR) is 108 cm³/mol. The lowest BCUT2D eigenvalue weighted by Crippen LogP contribution is -2.25. The second-order valence-electron chi connectivity index (χ2n) is 8.07. The van der Waals surface area contributed by atoms with Crippen LogP contribution in [0.3, 0.4) is 0 Å². The molecule has 0 bridgehead atoms. The minimum absolute atomic E-state index is 0.267. The van der Waals surface area contributed by atoms with Gasteiger partial charge in [-0.2, -0.15) is 0 Å². The summed E-state index contributed by atoms with van der Waals surface area (Å²) in [5.74, 6) is 0.315. The Hall–Kier alpha value is -2.35. The van der Waals surface area contributed by atoms with E-state index in [1.807, 2.05) is 24.3 Å². The Balaban J connectivity index is 1.90. The van der Waals surface area contributed by atoms with Gasteiger partial charge in [-0.05, 0) is 71.1 Å². The summed E-state index contributed by atoms with van der Waals surface area (Å²) in [4.78, 5) is 11.6. The molecule has 2 heteroatoms. The topological polar surface area (TPSA) is 26.3 Å². The third-order valence-electron chi connectivity index (χ3n) is 5.68. The maximum Gasteiger partial charge on any atom is 0.337 e. The van der Waals surface area contributed by atoms with Gasteiger partial charge in [0.25, 0.3) is 0 Å². The highest BCUT2D eigenvalue weighted by atomic mass is 16.5. The predicted octanol–water partition coefficient (Wildman–Crippen LogP) is 6.21. The molecule has 0 heterocycles. The normalized spacial score (nSPS) is 19.0. The molecule has 2 aromatic rings. The van der Waals surface area contributed by atoms with Gasteiger partial charge < -0.3 is 4.74 Å². The quantitative estimate of drug-likeness (QED) is 0.487. The summed E-state index contributed by atoms with van der Waals surface area (Å²) >= 11 is 0. The van der Waals surface area contributed by atoms with Gasteiger partial charge in [0.15, 0.2) is 0 Å². The van der Waals surface area contributed by atoms with Crippen molar-refractivity contribution >= 4 is 17.6 Å². The van der Waals surface area contributed by atoms with Crippen molar-refractivity contribution in [2.75, 3.05) is 7.11 Å². The number of carbonyl (C=O) groups excluding carboxylic acids is 1. The molecule has 1 aliphatic rings. The van der Waals surface area contributed by atoms with Crippen LogP contribution in [0.1, 0.15) is 79.1 Å². The first-order chi connectivity index (χ1) is 12.3. The van der Waals surface area contributed by atoms with Gasteiger partial charge >= 0.3 is 5.97 Å². The van der Waals surface area contributed by atoms with Crippen LogP contribution in [0.15, 0.2) is 42.5 Å². The Morgan fingerprint density at radius 1 is 1.12 bits per heavy atom. The molecule has 0 amide bonds. The number of ether oxygens (including phenoxy) is 1. The van der Waals surface area contributed by atoms with E-state index >= 15 is 0 Å². The zero-order valence-corrected chi connectivity index (χ0v) is 16.4. The number of carbonyl (C=O) groups is 1. The molecule has 3 rings (SSSR count). The molecule has 0 fully saturated rings. The van der Waals surface area contributed by atoms with Crippen molar-refractivity contribution in [3.63, 3.8) is 0 Å². The first-order valence-electron chi connectivity index (χ1n) is 9.33. The lowest BCUT2D eigenvalue weighted by molar-refractivity contribution is 0.0600. The van der Waals surface area contributed by atoms with Crippen LogP contribution in [0.4, 0.5) is 0 Å². The first kappa shape index (κ1) is 18.4. The van der Waals surface area contributed by atoms with E-state index in [0.717, 1.165) is 5.56 Å². The van der Waals surface area contributed by atoms with Crippen molar-refractivity contribution in [2.24, 2.45) is 0 Å². The molecule has 1 unspecified atom stereocenters. The summed E-state index contributed by atoms with van der Waals surface area (Å²) < 4.78 is 4.76. The van der Waals surface area contributed by atoms with Gasteiger partial charge in [0.05, 0.1) is 12.7 Å². The first-order valence-corrected chi connectivity index (χ1v) is 9.33.